The number of aromatic amines is 1. The Kier molecular flexibility index (Phi) is 3.94. The first kappa shape index (κ1) is 14.1. The van der Waals surface area contributed by atoms with Crippen molar-refractivity contribution in [2.75, 3.05) is 0 Å². The van der Waals surface area contributed by atoms with Gasteiger partial charge in [-0.05, 0) is 25.5 Å². The minimum absolute atomic E-state index is 0.237. The molecule has 0 saturated heterocycles. The van der Waals surface area contributed by atoms with E-state index in [2.05, 4.69) is 25.3 Å². The van der Waals surface area contributed by atoms with Crippen LogP contribution >= 0.6 is 11.3 Å². The number of nitrogens with two attached hydrogens (primary N) is 1. The predicted molar refractivity (Wildman–Crippen MR) is 69.9 cm³/mol. The number of hydrogen-bond donors (Lipinski definition) is 3. The van der Waals surface area contributed by atoms with E-state index in [0.29, 0.717) is 6.54 Å². The maximum atomic E-state index is 12.2. The summed E-state index contributed by atoms with van der Waals surface area (Å²) in [6, 6.07) is 1.05. The first-order valence-corrected chi connectivity index (χ1v) is 7.79. The fraction of sp³-hybridized carbons (Fsp3) is 0.444. The molecule has 2 aromatic rings. The van der Waals surface area contributed by atoms with Gasteiger partial charge in [0, 0.05) is 11.4 Å². The first-order chi connectivity index (χ1) is 8.94. The lowest BCUT2D eigenvalue weighted by atomic mass is 10.3. The molecule has 0 radical (unpaired) electrons. The van der Waals surface area contributed by atoms with Gasteiger partial charge in [-0.25, -0.2) is 8.42 Å². The third-order valence-corrected chi connectivity index (χ3v) is 5.80. The van der Waals surface area contributed by atoms with Gasteiger partial charge in [-0.2, -0.15) is 9.94 Å². The minimum Gasteiger partial charge on any atom is -0.326 e. The number of nitrogens with one attached hydrogen (secondary N) is 2. The van der Waals surface area contributed by atoms with Crippen molar-refractivity contribution in [3.8, 4) is 0 Å². The van der Waals surface area contributed by atoms with E-state index in [4.69, 9.17) is 5.73 Å². The van der Waals surface area contributed by atoms with E-state index in [1.54, 1.807) is 13.0 Å². The molecule has 2 rings (SSSR count). The van der Waals surface area contributed by atoms with Crippen molar-refractivity contribution in [3.63, 3.8) is 0 Å². The molecule has 0 bridgehead atoms. The van der Waals surface area contributed by atoms with Gasteiger partial charge in [-0.1, -0.05) is 5.21 Å². The molecule has 0 fully saturated rings. The van der Waals surface area contributed by atoms with Gasteiger partial charge in [0.15, 0.2) is 5.82 Å². The summed E-state index contributed by atoms with van der Waals surface area (Å²) in [5.74, 6) is 0.288. The van der Waals surface area contributed by atoms with Gasteiger partial charge >= 0.3 is 0 Å². The Morgan fingerprint density at radius 2 is 2.32 bits per heavy atom. The highest BCUT2D eigenvalue weighted by Gasteiger charge is 2.23. The fourth-order valence-corrected chi connectivity index (χ4v) is 4.21. The normalized spacial score (nSPS) is 13.6. The molecule has 0 aliphatic rings. The summed E-state index contributed by atoms with van der Waals surface area (Å²) in [6.45, 7) is 3.81. The standard InChI is InChI=1S/C9H14N6O2S2/c1-5-3-8(18-7(5)4-10)19(16,17)13-6(2)9-11-14-15-12-9/h3,6,13H,4,10H2,1-2H3,(H,11,12,14,15). The molecule has 1 unspecified atom stereocenters. The van der Waals surface area contributed by atoms with E-state index in [-0.39, 0.29) is 10.0 Å². The molecule has 8 nitrogen and oxygen atoms in total. The second-order valence-electron chi connectivity index (χ2n) is 3.99. The minimum atomic E-state index is -3.61. The summed E-state index contributed by atoms with van der Waals surface area (Å²) < 4.78 is 27.1. The predicted octanol–water partition coefficient (Wildman–Crippen LogP) is 0.0678. The molecule has 0 aliphatic heterocycles. The molecular formula is C9H14N6O2S2. The largest absolute Gasteiger partial charge is 0.326 e. The highest BCUT2D eigenvalue weighted by molar-refractivity contribution is 7.91. The Labute approximate surface area is 114 Å². The van der Waals surface area contributed by atoms with Crippen molar-refractivity contribution >= 4 is 21.4 Å². The van der Waals surface area contributed by atoms with Crippen molar-refractivity contribution < 1.29 is 8.42 Å². The van der Waals surface area contributed by atoms with Crippen molar-refractivity contribution in [1.82, 2.24) is 25.3 Å². The van der Waals surface area contributed by atoms with Crippen molar-refractivity contribution in [2.24, 2.45) is 5.73 Å². The molecule has 0 saturated carbocycles. The lowest BCUT2D eigenvalue weighted by Gasteiger charge is -2.08. The van der Waals surface area contributed by atoms with Gasteiger partial charge in [0.1, 0.15) is 4.21 Å². The molecule has 0 aromatic carbocycles. The van der Waals surface area contributed by atoms with Crippen LogP contribution in [-0.4, -0.2) is 29.0 Å². The molecule has 19 heavy (non-hydrogen) atoms. The number of H-pyrrole nitrogens is 1. The summed E-state index contributed by atoms with van der Waals surface area (Å²) in [5.41, 5.74) is 6.42. The SMILES string of the molecule is Cc1cc(S(=O)(=O)NC(C)c2nn[nH]n2)sc1CN. The number of aryl methyl sites for hydroxylation is 1. The lowest BCUT2D eigenvalue weighted by molar-refractivity contribution is 0.562. The van der Waals surface area contributed by atoms with Gasteiger partial charge < -0.3 is 5.73 Å². The molecular weight excluding hydrogens is 288 g/mol. The average molecular weight is 302 g/mol. The topological polar surface area (TPSA) is 127 Å². The molecule has 2 aromatic heterocycles. The number of nitrogens with zero attached hydrogens (tertiary/aromatic N) is 3. The Morgan fingerprint density at radius 3 is 2.84 bits per heavy atom. The molecule has 4 N–H and O–H groups in total. The number of thiophene rings is 1. The number of sulfonamides is 1. The highest BCUT2D eigenvalue weighted by atomic mass is 32.2. The van der Waals surface area contributed by atoms with Crippen LogP contribution in [0.15, 0.2) is 10.3 Å². The van der Waals surface area contributed by atoms with Crippen molar-refractivity contribution in [1.29, 1.82) is 0 Å². The van der Waals surface area contributed by atoms with Gasteiger partial charge in [-0.3, -0.25) is 0 Å². The van der Waals surface area contributed by atoms with E-state index in [9.17, 15) is 8.42 Å². The van der Waals surface area contributed by atoms with E-state index < -0.39 is 16.1 Å². The molecule has 0 amide bonds. The lowest BCUT2D eigenvalue weighted by Crippen LogP contribution is -2.27. The first-order valence-electron chi connectivity index (χ1n) is 5.49. The number of tetrazole rings is 1. The van der Waals surface area contributed by atoms with E-state index in [1.807, 2.05) is 6.92 Å². The summed E-state index contributed by atoms with van der Waals surface area (Å²) in [7, 11) is -3.61. The summed E-state index contributed by atoms with van der Waals surface area (Å²) in [4.78, 5) is 0.854. The molecule has 2 heterocycles. The van der Waals surface area contributed by atoms with E-state index in [1.165, 1.54) is 11.3 Å². The maximum Gasteiger partial charge on any atom is 0.250 e. The Morgan fingerprint density at radius 1 is 1.58 bits per heavy atom. The fourth-order valence-electron chi connectivity index (χ4n) is 1.52. The van der Waals surface area contributed by atoms with Crippen LogP contribution in [0.3, 0.4) is 0 Å². The summed E-state index contributed by atoms with van der Waals surface area (Å²) >= 11 is 1.17. The van der Waals surface area contributed by atoms with Crippen LogP contribution in [-0.2, 0) is 16.6 Å². The third kappa shape index (κ3) is 2.97. The zero-order chi connectivity index (χ0) is 14.0. The quantitative estimate of drug-likeness (QED) is 0.717. The smallest absolute Gasteiger partial charge is 0.250 e. The van der Waals surface area contributed by atoms with Crippen molar-refractivity contribution in [3.05, 3.63) is 22.3 Å². The van der Waals surface area contributed by atoms with Crippen LogP contribution in [0, 0.1) is 6.92 Å². The van der Waals surface area contributed by atoms with Crippen molar-refractivity contribution in [2.45, 2.75) is 30.6 Å². The molecule has 104 valence electrons. The van der Waals surface area contributed by atoms with Crippen LogP contribution in [0.1, 0.15) is 29.2 Å². The Hall–Kier alpha value is -1.36. The third-order valence-electron chi connectivity index (χ3n) is 2.53. The summed E-state index contributed by atoms with van der Waals surface area (Å²) in [5, 5.41) is 13.2. The van der Waals surface area contributed by atoms with Gasteiger partial charge in [-0.15, -0.1) is 21.5 Å². The zero-order valence-corrected chi connectivity index (χ0v) is 12.0. The van der Waals surface area contributed by atoms with Crippen LogP contribution in [0.5, 0.6) is 0 Å². The van der Waals surface area contributed by atoms with Crippen LogP contribution in [0.25, 0.3) is 0 Å². The number of aromatic nitrogens is 4. The monoisotopic (exact) mass is 302 g/mol. The second kappa shape index (κ2) is 5.33. The van der Waals surface area contributed by atoms with E-state index in [0.717, 1.165) is 10.4 Å². The van der Waals surface area contributed by atoms with Gasteiger partial charge in [0.05, 0.1) is 6.04 Å². The average Bonchev–Trinajstić information content (AvgIpc) is 2.96. The zero-order valence-electron chi connectivity index (χ0n) is 10.4. The second-order valence-corrected chi connectivity index (χ2v) is 7.07. The van der Waals surface area contributed by atoms with Crippen LogP contribution in [0.4, 0.5) is 0 Å². The molecule has 0 spiro atoms. The molecule has 0 aliphatic carbocycles. The summed E-state index contributed by atoms with van der Waals surface area (Å²) in [6.07, 6.45) is 0. The molecule has 10 heteroatoms. The van der Waals surface area contributed by atoms with Crippen LogP contribution < -0.4 is 10.5 Å². The van der Waals surface area contributed by atoms with Gasteiger partial charge in [0.25, 0.3) is 10.0 Å². The number of hydrogen-bond acceptors (Lipinski definition) is 7. The highest BCUT2D eigenvalue weighted by Crippen LogP contribution is 2.26. The Bertz CT molecular complexity index is 648. The van der Waals surface area contributed by atoms with Crippen LogP contribution in [0.2, 0.25) is 0 Å². The van der Waals surface area contributed by atoms with Gasteiger partial charge in [0.2, 0.25) is 0 Å². The number of rotatable bonds is 5. The Balaban J connectivity index is 2.22. The molecule has 1 atom stereocenters. The maximum absolute atomic E-state index is 12.2. The van der Waals surface area contributed by atoms with E-state index >= 15 is 0 Å².